The zero-order valence-corrected chi connectivity index (χ0v) is 19.5. The summed E-state index contributed by atoms with van der Waals surface area (Å²) in [6.45, 7) is 10.5. The molecule has 2 aromatic rings. The minimum absolute atomic E-state index is 0.0871. The highest BCUT2D eigenvalue weighted by Gasteiger charge is 2.20. The summed E-state index contributed by atoms with van der Waals surface area (Å²) in [7, 11) is 0. The van der Waals surface area contributed by atoms with Gasteiger partial charge in [-0.15, -0.1) is 0 Å². The Morgan fingerprint density at radius 3 is 2.32 bits per heavy atom. The number of aryl methyl sites for hydroxylation is 1. The van der Waals surface area contributed by atoms with Crippen LogP contribution in [0.1, 0.15) is 38.8 Å². The molecule has 1 atom stereocenters. The van der Waals surface area contributed by atoms with Crippen LogP contribution >= 0.6 is 11.6 Å². The standard InChI is InChI=1S/C24H31ClN2O4/c1-16-6-11-21(20(14-16)24(3,4)5)30-15-22(28)26-12-13-27-23(29)17(2)31-19-9-7-18(25)8-10-19/h6-11,14,17H,12-13,15H2,1-5H3,(H,26,28)(H,27,29). The Morgan fingerprint density at radius 1 is 1.03 bits per heavy atom. The van der Waals surface area contributed by atoms with Crippen molar-refractivity contribution in [1.82, 2.24) is 10.6 Å². The fourth-order valence-electron chi connectivity index (χ4n) is 2.85. The maximum atomic E-state index is 12.1. The number of hydrogen-bond donors (Lipinski definition) is 2. The van der Waals surface area contributed by atoms with Crippen LogP contribution in [0.3, 0.4) is 0 Å². The van der Waals surface area contributed by atoms with E-state index in [1.165, 1.54) is 0 Å². The molecule has 0 aliphatic rings. The average molecular weight is 447 g/mol. The van der Waals surface area contributed by atoms with Crippen LogP contribution in [0.2, 0.25) is 5.02 Å². The van der Waals surface area contributed by atoms with Crippen LogP contribution in [-0.4, -0.2) is 37.6 Å². The maximum Gasteiger partial charge on any atom is 0.260 e. The first-order valence-corrected chi connectivity index (χ1v) is 10.6. The Morgan fingerprint density at radius 2 is 1.68 bits per heavy atom. The largest absolute Gasteiger partial charge is 0.483 e. The molecule has 0 aliphatic carbocycles. The first-order valence-electron chi connectivity index (χ1n) is 10.3. The van der Waals surface area contributed by atoms with E-state index >= 15 is 0 Å². The number of carbonyl (C=O) groups is 2. The molecule has 0 heterocycles. The normalized spacial score (nSPS) is 12.1. The van der Waals surface area contributed by atoms with Gasteiger partial charge in [0.25, 0.3) is 11.8 Å². The van der Waals surface area contributed by atoms with Crippen LogP contribution in [0.15, 0.2) is 42.5 Å². The van der Waals surface area contributed by atoms with Gasteiger partial charge in [-0.1, -0.05) is 50.1 Å². The first kappa shape index (κ1) is 24.5. The number of halogens is 1. The number of amides is 2. The smallest absolute Gasteiger partial charge is 0.260 e. The number of benzene rings is 2. The Balaban J connectivity index is 1.71. The van der Waals surface area contributed by atoms with Crippen molar-refractivity contribution in [2.75, 3.05) is 19.7 Å². The molecule has 0 aromatic heterocycles. The quantitative estimate of drug-likeness (QED) is 0.570. The molecule has 0 spiro atoms. The Hall–Kier alpha value is -2.73. The zero-order valence-electron chi connectivity index (χ0n) is 18.8. The molecule has 0 bridgehead atoms. The lowest BCUT2D eigenvalue weighted by atomic mass is 9.85. The summed E-state index contributed by atoms with van der Waals surface area (Å²) >= 11 is 5.83. The summed E-state index contributed by atoms with van der Waals surface area (Å²) in [4.78, 5) is 24.2. The minimum atomic E-state index is -0.669. The molecule has 168 valence electrons. The highest BCUT2D eigenvalue weighted by molar-refractivity contribution is 6.30. The first-order chi connectivity index (χ1) is 14.6. The van der Waals surface area contributed by atoms with Crippen molar-refractivity contribution in [2.45, 2.75) is 46.1 Å². The number of nitrogens with one attached hydrogen (secondary N) is 2. The van der Waals surface area contributed by atoms with E-state index in [0.29, 0.717) is 23.1 Å². The van der Waals surface area contributed by atoms with E-state index < -0.39 is 6.10 Å². The lowest BCUT2D eigenvalue weighted by Crippen LogP contribution is -2.41. The van der Waals surface area contributed by atoms with E-state index in [1.807, 2.05) is 19.1 Å². The van der Waals surface area contributed by atoms with Gasteiger partial charge in [0, 0.05) is 18.1 Å². The summed E-state index contributed by atoms with van der Waals surface area (Å²) in [5, 5.41) is 6.07. The van der Waals surface area contributed by atoms with E-state index in [2.05, 4.69) is 37.5 Å². The fourth-order valence-corrected chi connectivity index (χ4v) is 2.98. The van der Waals surface area contributed by atoms with Crippen LogP contribution < -0.4 is 20.1 Å². The van der Waals surface area contributed by atoms with E-state index in [1.54, 1.807) is 31.2 Å². The summed E-state index contributed by atoms with van der Waals surface area (Å²) < 4.78 is 11.3. The van der Waals surface area contributed by atoms with Gasteiger partial charge < -0.3 is 20.1 Å². The molecule has 2 amide bonds. The van der Waals surface area contributed by atoms with E-state index in [0.717, 1.165) is 11.1 Å². The van der Waals surface area contributed by atoms with Crippen LogP contribution in [0.5, 0.6) is 11.5 Å². The Bertz CT molecular complexity index is 891. The van der Waals surface area contributed by atoms with Crippen molar-refractivity contribution in [3.63, 3.8) is 0 Å². The van der Waals surface area contributed by atoms with Crippen LogP contribution in [0.25, 0.3) is 0 Å². The molecular weight excluding hydrogens is 416 g/mol. The lowest BCUT2D eigenvalue weighted by molar-refractivity contribution is -0.127. The van der Waals surface area contributed by atoms with E-state index in [-0.39, 0.29) is 30.4 Å². The Labute approximate surface area is 189 Å². The molecule has 2 aromatic carbocycles. The SMILES string of the molecule is Cc1ccc(OCC(=O)NCCNC(=O)C(C)Oc2ccc(Cl)cc2)c(C(C)(C)C)c1. The van der Waals surface area contributed by atoms with Gasteiger partial charge in [-0.05, 0) is 55.2 Å². The highest BCUT2D eigenvalue weighted by Crippen LogP contribution is 2.32. The third-order valence-electron chi connectivity index (χ3n) is 4.54. The van der Waals surface area contributed by atoms with Gasteiger partial charge in [0.2, 0.25) is 0 Å². The van der Waals surface area contributed by atoms with Crippen LogP contribution in [0.4, 0.5) is 0 Å². The summed E-state index contributed by atoms with van der Waals surface area (Å²) in [6, 6.07) is 12.7. The second-order valence-electron chi connectivity index (χ2n) is 8.39. The molecular formula is C24H31ClN2O4. The monoisotopic (exact) mass is 446 g/mol. The predicted octanol–water partition coefficient (Wildman–Crippen LogP) is 4.02. The average Bonchev–Trinajstić information content (AvgIpc) is 2.71. The van der Waals surface area contributed by atoms with Crippen molar-refractivity contribution < 1.29 is 19.1 Å². The summed E-state index contributed by atoms with van der Waals surface area (Å²) in [6.07, 6.45) is -0.669. The number of ether oxygens (including phenoxy) is 2. The molecule has 0 fully saturated rings. The Kier molecular flexibility index (Phi) is 8.75. The number of hydrogen-bond acceptors (Lipinski definition) is 4. The topological polar surface area (TPSA) is 76.7 Å². The summed E-state index contributed by atoms with van der Waals surface area (Å²) in [5.74, 6) is 0.744. The lowest BCUT2D eigenvalue weighted by Gasteiger charge is -2.23. The molecule has 6 nitrogen and oxygen atoms in total. The van der Waals surface area contributed by atoms with Gasteiger partial charge in [0.05, 0.1) is 0 Å². The van der Waals surface area contributed by atoms with Gasteiger partial charge in [-0.25, -0.2) is 0 Å². The molecule has 31 heavy (non-hydrogen) atoms. The van der Waals surface area contributed by atoms with Crippen molar-refractivity contribution in [3.8, 4) is 11.5 Å². The molecule has 0 radical (unpaired) electrons. The number of carbonyl (C=O) groups excluding carboxylic acids is 2. The second-order valence-corrected chi connectivity index (χ2v) is 8.83. The van der Waals surface area contributed by atoms with Gasteiger partial charge in [-0.3, -0.25) is 9.59 Å². The fraction of sp³-hybridized carbons (Fsp3) is 0.417. The predicted molar refractivity (Wildman–Crippen MR) is 123 cm³/mol. The van der Waals surface area contributed by atoms with Crippen molar-refractivity contribution in [2.24, 2.45) is 0 Å². The molecule has 1 unspecified atom stereocenters. The highest BCUT2D eigenvalue weighted by atomic mass is 35.5. The van der Waals surface area contributed by atoms with Crippen LogP contribution in [-0.2, 0) is 15.0 Å². The minimum Gasteiger partial charge on any atom is -0.483 e. The van der Waals surface area contributed by atoms with Gasteiger partial charge in [-0.2, -0.15) is 0 Å². The zero-order chi connectivity index (χ0) is 23.0. The van der Waals surface area contributed by atoms with Crippen molar-refractivity contribution >= 4 is 23.4 Å². The molecule has 0 aliphatic heterocycles. The van der Waals surface area contributed by atoms with Gasteiger partial charge in [0.15, 0.2) is 12.7 Å². The van der Waals surface area contributed by atoms with Crippen molar-refractivity contribution in [3.05, 3.63) is 58.6 Å². The molecule has 2 rings (SSSR count). The van der Waals surface area contributed by atoms with Crippen LogP contribution in [0, 0.1) is 6.92 Å². The molecule has 0 saturated heterocycles. The van der Waals surface area contributed by atoms with Crippen molar-refractivity contribution in [1.29, 1.82) is 0 Å². The molecule has 0 saturated carbocycles. The second kappa shape index (κ2) is 11.0. The molecule has 7 heteroatoms. The van der Waals surface area contributed by atoms with E-state index in [9.17, 15) is 9.59 Å². The van der Waals surface area contributed by atoms with Gasteiger partial charge in [0.1, 0.15) is 11.5 Å². The van der Waals surface area contributed by atoms with Gasteiger partial charge >= 0.3 is 0 Å². The number of rotatable bonds is 9. The van der Waals surface area contributed by atoms with E-state index in [4.69, 9.17) is 21.1 Å². The molecule has 2 N–H and O–H groups in total. The maximum absolute atomic E-state index is 12.1. The summed E-state index contributed by atoms with van der Waals surface area (Å²) in [5.41, 5.74) is 2.11. The third kappa shape index (κ3) is 8.13. The third-order valence-corrected chi connectivity index (χ3v) is 4.80.